The van der Waals surface area contributed by atoms with Crippen LogP contribution in [0.4, 0.5) is 11.4 Å². The molecule has 0 aliphatic carbocycles. The van der Waals surface area contributed by atoms with Crippen molar-refractivity contribution in [2.75, 3.05) is 22.9 Å². The van der Waals surface area contributed by atoms with Crippen molar-refractivity contribution in [1.82, 2.24) is 0 Å². The van der Waals surface area contributed by atoms with Gasteiger partial charge in [-0.2, -0.15) is 0 Å². The summed E-state index contributed by atoms with van der Waals surface area (Å²) in [4.78, 5) is 4.80. The molecule has 0 amide bonds. The standard InChI is InChI=1S/C29H42N2/c1-18(2)24-13-22(9)14-25(19(3)4)28(24)30-11-12-31(17-30)29-26(20(5)6)15-23(10)16-27(29)21(7)8/h13-16,18-21H,11-12H2,1-10H3. The van der Waals surface area contributed by atoms with Gasteiger partial charge in [0.1, 0.15) is 0 Å². The zero-order valence-electron chi connectivity index (χ0n) is 21.4. The van der Waals surface area contributed by atoms with Crippen LogP contribution in [-0.4, -0.2) is 13.1 Å². The van der Waals surface area contributed by atoms with Crippen LogP contribution in [0, 0.1) is 20.5 Å². The third-order valence-electron chi connectivity index (χ3n) is 6.44. The fraction of sp³-hybridized carbons (Fsp3) is 0.552. The topological polar surface area (TPSA) is 6.48 Å². The van der Waals surface area contributed by atoms with Crippen molar-refractivity contribution >= 4 is 11.4 Å². The zero-order chi connectivity index (χ0) is 23.0. The van der Waals surface area contributed by atoms with Gasteiger partial charge in [0.05, 0.1) is 0 Å². The predicted octanol–water partition coefficient (Wildman–Crippen LogP) is 8.12. The third-order valence-corrected chi connectivity index (χ3v) is 6.44. The second-order valence-corrected chi connectivity index (χ2v) is 10.6. The van der Waals surface area contributed by atoms with Crippen LogP contribution in [0.1, 0.15) is 112 Å². The van der Waals surface area contributed by atoms with Crippen molar-refractivity contribution < 1.29 is 0 Å². The lowest BCUT2D eigenvalue weighted by Crippen LogP contribution is -2.23. The van der Waals surface area contributed by atoms with E-state index in [0.29, 0.717) is 23.7 Å². The quantitative estimate of drug-likeness (QED) is 0.467. The number of hydrogen-bond donors (Lipinski definition) is 0. The van der Waals surface area contributed by atoms with E-state index in [1.165, 1.54) is 44.8 Å². The Morgan fingerprint density at radius 2 is 0.806 bits per heavy atom. The predicted molar refractivity (Wildman–Crippen MR) is 137 cm³/mol. The van der Waals surface area contributed by atoms with E-state index in [1.54, 1.807) is 0 Å². The van der Waals surface area contributed by atoms with E-state index < -0.39 is 0 Å². The lowest BCUT2D eigenvalue weighted by molar-refractivity contribution is 0.813. The first-order valence-electron chi connectivity index (χ1n) is 12.1. The molecule has 2 heteroatoms. The Morgan fingerprint density at radius 3 is 1.03 bits per heavy atom. The van der Waals surface area contributed by atoms with E-state index >= 15 is 0 Å². The first kappa shape index (κ1) is 23.7. The van der Waals surface area contributed by atoms with Crippen LogP contribution in [0.2, 0.25) is 0 Å². The van der Waals surface area contributed by atoms with E-state index in [4.69, 9.17) is 0 Å². The Kier molecular flexibility index (Phi) is 7.08. The maximum Gasteiger partial charge on any atom is 0.208 e. The summed E-state index contributed by atoms with van der Waals surface area (Å²) in [5, 5.41) is 0. The Morgan fingerprint density at radius 1 is 0.548 bits per heavy atom. The Bertz CT molecular complexity index is 787. The van der Waals surface area contributed by atoms with Gasteiger partial charge in [-0.05, 0) is 59.8 Å². The smallest absolute Gasteiger partial charge is 0.208 e. The van der Waals surface area contributed by atoms with Crippen LogP contribution in [-0.2, 0) is 0 Å². The molecular formula is C29H42N2. The molecule has 1 aliphatic rings. The van der Waals surface area contributed by atoms with E-state index in [0.717, 1.165) is 13.1 Å². The molecule has 0 saturated carbocycles. The number of benzene rings is 2. The van der Waals surface area contributed by atoms with Gasteiger partial charge in [-0.3, -0.25) is 0 Å². The molecular weight excluding hydrogens is 376 g/mol. The lowest BCUT2D eigenvalue weighted by atomic mass is 9.89. The van der Waals surface area contributed by atoms with Gasteiger partial charge < -0.3 is 9.80 Å². The van der Waals surface area contributed by atoms with Crippen LogP contribution in [0.5, 0.6) is 0 Å². The SMILES string of the molecule is Cc1cc(C(C)C)c(N2[C]N(c3c(C(C)C)cc(C)cc3C(C)C)CC2)c(C(C)C)c1. The summed E-state index contributed by atoms with van der Waals surface area (Å²) in [6.45, 7) is 28.7. The van der Waals surface area contributed by atoms with Gasteiger partial charge >= 0.3 is 0 Å². The van der Waals surface area contributed by atoms with E-state index in [-0.39, 0.29) is 0 Å². The maximum atomic E-state index is 3.81. The minimum absolute atomic E-state index is 0.486. The normalized spacial score (nSPS) is 14.8. The van der Waals surface area contributed by atoms with E-state index in [9.17, 15) is 0 Å². The highest BCUT2D eigenvalue weighted by Crippen LogP contribution is 2.42. The number of aryl methyl sites for hydroxylation is 2. The second-order valence-electron chi connectivity index (χ2n) is 10.6. The molecule has 0 spiro atoms. The van der Waals surface area contributed by atoms with Crippen molar-refractivity contribution in [3.8, 4) is 0 Å². The number of nitrogens with zero attached hydrogens (tertiary/aromatic N) is 2. The third kappa shape index (κ3) is 4.78. The average molecular weight is 419 g/mol. The van der Waals surface area contributed by atoms with E-state index in [2.05, 4.69) is 110 Å². The Hall–Kier alpha value is -1.96. The molecule has 0 bridgehead atoms. The summed E-state index contributed by atoms with van der Waals surface area (Å²) >= 11 is 0. The summed E-state index contributed by atoms with van der Waals surface area (Å²) < 4.78 is 0. The highest BCUT2D eigenvalue weighted by molar-refractivity contribution is 5.71. The monoisotopic (exact) mass is 418 g/mol. The van der Waals surface area contributed by atoms with Crippen molar-refractivity contribution in [3.63, 3.8) is 0 Å². The molecule has 1 saturated heterocycles. The highest BCUT2D eigenvalue weighted by Gasteiger charge is 2.31. The number of anilines is 2. The van der Waals surface area contributed by atoms with Gasteiger partial charge in [-0.15, -0.1) is 0 Å². The molecule has 0 N–H and O–H groups in total. The molecule has 2 aromatic rings. The van der Waals surface area contributed by atoms with Gasteiger partial charge in [0.2, 0.25) is 6.67 Å². The Labute approximate surface area is 191 Å². The molecule has 0 atom stereocenters. The molecule has 2 radical (unpaired) electrons. The molecule has 2 aromatic carbocycles. The maximum absolute atomic E-state index is 3.81. The molecule has 1 fully saturated rings. The molecule has 0 aromatic heterocycles. The minimum atomic E-state index is 0.486. The van der Waals surface area contributed by atoms with Gasteiger partial charge in [-0.25, -0.2) is 0 Å². The fourth-order valence-electron chi connectivity index (χ4n) is 4.82. The first-order valence-corrected chi connectivity index (χ1v) is 12.1. The van der Waals surface area contributed by atoms with Crippen molar-refractivity contribution in [1.29, 1.82) is 0 Å². The molecule has 0 unspecified atom stereocenters. The van der Waals surface area contributed by atoms with Crippen molar-refractivity contribution in [3.05, 3.63) is 64.3 Å². The minimum Gasteiger partial charge on any atom is -0.339 e. The van der Waals surface area contributed by atoms with Gasteiger partial charge in [0.25, 0.3) is 0 Å². The van der Waals surface area contributed by atoms with Crippen molar-refractivity contribution in [2.24, 2.45) is 0 Å². The van der Waals surface area contributed by atoms with Crippen LogP contribution in [0.25, 0.3) is 0 Å². The van der Waals surface area contributed by atoms with Crippen LogP contribution in [0.3, 0.4) is 0 Å². The van der Waals surface area contributed by atoms with Gasteiger partial charge in [0, 0.05) is 24.5 Å². The second kappa shape index (κ2) is 9.27. The fourth-order valence-corrected chi connectivity index (χ4v) is 4.82. The summed E-state index contributed by atoms with van der Waals surface area (Å²) in [7, 11) is 0. The van der Waals surface area contributed by atoms with Crippen molar-refractivity contribution in [2.45, 2.75) is 92.9 Å². The number of hydrogen-bond acceptors (Lipinski definition) is 2. The summed E-state index contributed by atoms with van der Waals surface area (Å²) in [5.74, 6) is 1.94. The largest absolute Gasteiger partial charge is 0.339 e. The summed E-state index contributed by atoms with van der Waals surface area (Å²) in [6, 6.07) is 9.50. The first-order chi connectivity index (χ1) is 14.5. The van der Waals surface area contributed by atoms with E-state index in [1.807, 2.05) is 0 Å². The molecule has 3 rings (SSSR count). The average Bonchev–Trinajstić information content (AvgIpc) is 3.15. The zero-order valence-corrected chi connectivity index (χ0v) is 21.4. The molecule has 1 heterocycles. The van der Waals surface area contributed by atoms with Crippen LogP contribution >= 0.6 is 0 Å². The molecule has 168 valence electrons. The summed E-state index contributed by atoms with van der Waals surface area (Å²) in [6.07, 6.45) is 0. The highest BCUT2D eigenvalue weighted by atomic mass is 15.4. The molecule has 1 aliphatic heterocycles. The molecule has 31 heavy (non-hydrogen) atoms. The lowest BCUT2D eigenvalue weighted by Gasteiger charge is -2.30. The van der Waals surface area contributed by atoms with Crippen LogP contribution in [0.15, 0.2) is 24.3 Å². The number of rotatable bonds is 6. The van der Waals surface area contributed by atoms with Gasteiger partial charge in [0.15, 0.2) is 0 Å². The Balaban J connectivity index is 2.08. The van der Waals surface area contributed by atoms with Crippen LogP contribution < -0.4 is 9.80 Å². The van der Waals surface area contributed by atoms with Gasteiger partial charge in [-0.1, -0.05) is 90.8 Å². The molecule has 2 nitrogen and oxygen atoms in total. The summed E-state index contributed by atoms with van der Waals surface area (Å²) in [5.41, 5.74) is 11.2.